The molecule has 0 saturated heterocycles. The van der Waals surface area contributed by atoms with Crippen LogP contribution in [0, 0.1) is 6.92 Å². The number of nitrogens with one attached hydrogen (secondary N) is 2. The van der Waals surface area contributed by atoms with Crippen LogP contribution in [0.2, 0.25) is 0 Å². The highest BCUT2D eigenvalue weighted by Crippen LogP contribution is 2.17. The molecule has 0 aliphatic heterocycles. The van der Waals surface area contributed by atoms with Gasteiger partial charge >= 0.3 is 5.97 Å². The summed E-state index contributed by atoms with van der Waals surface area (Å²) in [6.45, 7) is 3.77. The number of ether oxygens (including phenoxy) is 1. The van der Waals surface area contributed by atoms with Crippen LogP contribution in [0.1, 0.15) is 29.3 Å². The van der Waals surface area contributed by atoms with Gasteiger partial charge in [-0.1, -0.05) is 36.8 Å². The van der Waals surface area contributed by atoms with E-state index in [1.165, 1.54) is 0 Å². The number of aryl methyl sites for hydroxylation is 1. The van der Waals surface area contributed by atoms with Crippen molar-refractivity contribution in [1.29, 1.82) is 0 Å². The van der Waals surface area contributed by atoms with E-state index in [4.69, 9.17) is 4.74 Å². The van der Waals surface area contributed by atoms with Crippen molar-refractivity contribution >= 4 is 17.6 Å². The first-order chi connectivity index (χ1) is 13.1. The quantitative estimate of drug-likeness (QED) is 0.649. The highest BCUT2D eigenvalue weighted by molar-refractivity contribution is 5.97. The van der Waals surface area contributed by atoms with Crippen molar-refractivity contribution in [2.75, 3.05) is 5.32 Å². The number of hydrogen-bond donors (Lipinski definition) is 2. The maximum absolute atomic E-state index is 12.4. The van der Waals surface area contributed by atoms with E-state index in [-0.39, 0.29) is 5.91 Å². The molecule has 1 atom stereocenters. The molecule has 0 fully saturated rings. The number of carbonyl (C=O) groups excluding carboxylic acids is 2. The van der Waals surface area contributed by atoms with Crippen LogP contribution in [0.4, 0.5) is 5.69 Å². The number of aromatic nitrogens is 2. The van der Waals surface area contributed by atoms with Gasteiger partial charge in [0, 0.05) is 23.6 Å². The minimum Gasteiger partial charge on any atom is -0.449 e. The molecule has 6 heteroatoms. The second-order valence-electron chi connectivity index (χ2n) is 6.17. The molecular formula is C21H21N3O3. The number of aromatic amines is 1. The lowest BCUT2D eigenvalue weighted by Crippen LogP contribution is -2.32. The lowest BCUT2D eigenvalue weighted by Gasteiger charge is -2.16. The van der Waals surface area contributed by atoms with Crippen LogP contribution >= 0.6 is 0 Å². The van der Waals surface area contributed by atoms with Crippen molar-refractivity contribution in [3.05, 3.63) is 72.1 Å². The monoisotopic (exact) mass is 363 g/mol. The van der Waals surface area contributed by atoms with Crippen molar-refractivity contribution in [2.24, 2.45) is 0 Å². The Morgan fingerprint density at radius 3 is 2.41 bits per heavy atom. The van der Waals surface area contributed by atoms with Gasteiger partial charge in [0.25, 0.3) is 5.91 Å². The van der Waals surface area contributed by atoms with Gasteiger partial charge in [0.05, 0.1) is 5.56 Å². The fourth-order valence-electron chi connectivity index (χ4n) is 2.57. The van der Waals surface area contributed by atoms with Crippen molar-refractivity contribution < 1.29 is 14.3 Å². The summed E-state index contributed by atoms with van der Waals surface area (Å²) in [5.74, 6) is -0.160. The van der Waals surface area contributed by atoms with E-state index < -0.39 is 12.1 Å². The molecule has 6 nitrogen and oxygen atoms in total. The molecule has 0 spiro atoms. The number of rotatable bonds is 6. The Labute approximate surface area is 157 Å². The molecule has 3 rings (SSSR count). The number of nitrogens with zero attached hydrogens (tertiary/aromatic N) is 1. The Morgan fingerprint density at radius 1 is 1.11 bits per heavy atom. The van der Waals surface area contributed by atoms with E-state index in [2.05, 4.69) is 15.3 Å². The molecule has 1 heterocycles. The molecule has 2 N–H and O–H groups in total. The fourth-order valence-corrected chi connectivity index (χ4v) is 2.57. The highest BCUT2D eigenvalue weighted by Gasteiger charge is 2.22. The number of imidazole rings is 1. The summed E-state index contributed by atoms with van der Waals surface area (Å²) in [4.78, 5) is 32.0. The number of esters is 1. The predicted octanol–water partition coefficient (Wildman–Crippen LogP) is 3.96. The molecule has 0 bridgehead atoms. The lowest BCUT2D eigenvalue weighted by molar-refractivity contribution is -0.124. The van der Waals surface area contributed by atoms with Gasteiger partial charge in [0.15, 0.2) is 6.10 Å². The molecule has 1 unspecified atom stereocenters. The van der Waals surface area contributed by atoms with Crippen LogP contribution in [-0.4, -0.2) is 27.9 Å². The third-order valence-electron chi connectivity index (χ3n) is 4.12. The van der Waals surface area contributed by atoms with E-state index in [1.807, 2.05) is 31.2 Å². The normalized spacial score (nSPS) is 11.6. The van der Waals surface area contributed by atoms with Crippen molar-refractivity contribution in [3.8, 4) is 11.4 Å². The summed E-state index contributed by atoms with van der Waals surface area (Å²) in [5.41, 5.74) is 3.01. The van der Waals surface area contributed by atoms with Gasteiger partial charge in [-0.2, -0.15) is 0 Å². The largest absolute Gasteiger partial charge is 0.449 e. The molecule has 1 aromatic heterocycles. The standard InChI is InChI=1S/C21H21N3O3/c1-3-18(20(25)24-17-10-4-14(2)5-11-17)27-21(26)16-8-6-15(7-9-16)19-22-12-13-23-19/h4-13,18H,3H2,1-2H3,(H,22,23)(H,24,25). The van der Waals surface area contributed by atoms with E-state index >= 15 is 0 Å². The molecule has 0 radical (unpaired) electrons. The third-order valence-corrected chi connectivity index (χ3v) is 4.12. The Morgan fingerprint density at radius 2 is 1.81 bits per heavy atom. The van der Waals surface area contributed by atoms with Crippen LogP contribution in [0.3, 0.4) is 0 Å². The van der Waals surface area contributed by atoms with E-state index in [0.29, 0.717) is 17.7 Å². The van der Waals surface area contributed by atoms with Crippen LogP contribution in [0.25, 0.3) is 11.4 Å². The average Bonchev–Trinajstić information content (AvgIpc) is 3.22. The smallest absolute Gasteiger partial charge is 0.338 e. The summed E-state index contributed by atoms with van der Waals surface area (Å²) >= 11 is 0. The Kier molecular flexibility index (Phi) is 5.66. The number of benzene rings is 2. The van der Waals surface area contributed by atoms with Crippen molar-refractivity contribution in [1.82, 2.24) is 9.97 Å². The summed E-state index contributed by atoms with van der Waals surface area (Å²) in [6, 6.07) is 14.3. The Hall–Kier alpha value is -3.41. The molecule has 0 saturated carbocycles. The molecule has 0 aliphatic rings. The first kappa shape index (κ1) is 18.4. The zero-order valence-electron chi connectivity index (χ0n) is 15.2. The average molecular weight is 363 g/mol. The number of anilines is 1. The minimum atomic E-state index is -0.858. The SMILES string of the molecule is CCC(OC(=O)c1ccc(-c2ncc[nH]2)cc1)C(=O)Nc1ccc(C)cc1. The minimum absolute atomic E-state index is 0.345. The Bertz CT molecular complexity index is 901. The lowest BCUT2D eigenvalue weighted by atomic mass is 10.1. The van der Waals surface area contributed by atoms with Crippen LogP contribution in [-0.2, 0) is 9.53 Å². The van der Waals surface area contributed by atoms with Gasteiger partial charge in [-0.05, 0) is 37.6 Å². The number of hydrogen-bond acceptors (Lipinski definition) is 4. The first-order valence-corrected chi connectivity index (χ1v) is 8.75. The maximum Gasteiger partial charge on any atom is 0.338 e. The van der Waals surface area contributed by atoms with Gasteiger partial charge in [-0.3, -0.25) is 4.79 Å². The van der Waals surface area contributed by atoms with Gasteiger partial charge in [-0.25, -0.2) is 9.78 Å². The van der Waals surface area contributed by atoms with Crippen LogP contribution in [0.15, 0.2) is 60.9 Å². The summed E-state index contributed by atoms with van der Waals surface area (Å²) in [6.07, 6.45) is 2.92. The zero-order valence-corrected chi connectivity index (χ0v) is 15.2. The molecule has 27 heavy (non-hydrogen) atoms. The summed E-state index contributed by atoms with van der Waals surface area (Å²) in [5, 5.41) is 2.78. The molecule has 3 aromatic rings. The number of amides is 1. The van der Waals surface area contributed by atoms with Crippen LogP contribution in [0.5, 0.6) is 0 Å². The Balaban J connectivity index is 1.63. The molecule has 0 aliphatic carbocycles. The van der Waals surface area contributed by atoms with Gasteiger partial charge < -0.3 is 15.0 Å². The summed E-state index contributed by atoms with van der Waals surface area (Å²) < 4.78 is 5.40. The maximum atomic E-state index is 12.4. The molecule has 138 valence electrons. The molecule has 1 amide bonds. The van der Waals surface area contributed by atoms with Gasteiger partial charge in [0.2, 0.25) is 0 Å². The molecule has 2 aromatic carbocycles. The number of H-pyrrole nitrogens is 1. The van der Waals surface area contributed by atoms with Gasteiger partial charge in [0.1, 0.15) is 5.82 Å². The van der Waals surface area contributed by atoms with Crippen molar-refractivity contribution in [2.45, 2.75) is 26.4 Å². The fraction of sp³-hybridized carbons (Fsp3) is 0.190. The summed E-state index contributed by atoms with van der Waals surface area (Å²) in [7, 11) is 0. The second-order valence-corrected chi connectivity index (χ2v) is 6.17. The van der Waals surface area contributed by atoms with E-state index in [9.17, 15) is 9.59 Å². The highest BCUT2D eigenvalue weighted by atomic mass is 16.5. The van der Waals surface area contributed by atoms with Crippen LogP contribution < -0.4 is 5.32 Å². The van der Waals surface area contributed by atoms with E-state index in [1.54, 1.807) is 43.6 Å². The van der Waals surface area contributed by atoms with Gasteiger partial charge in [-0.15, -0.1) is 0 Å². The first-order valence-electron chi connectivity index (χ1n) is 8.75. The zero-order chi connectivity index (χ0) is 19.2. The van der Waals surface area contributed by atoms with Crippen molar-refractivity contribution in [3.63, 3.8) is 0 Å². The predicted molar refractivity (Wildman–Crippen MR) is 103 cm³/mol. The second kappa shape index (κ2) is 8.31. The van der Waals surface area contributed by atoms with E-state index in [0.717, 1.165) is 17.0 Å². The molecular weight excluding hydrogens is 342 g/mol. The third kappa shape index (κ3) is 4.61. The number of carbonyl (C=O) groups is 2. The topological polar surface area (TPSA) is 84.1 Å².